The van der Waals surface area contributed by atoms with Gasteiger partial charge in [0.2, 0.25) is 0 Å². The number of guanidine groups is 1. The van der Waals surface area contributed by atoms with Crippen molar-refractivity contribution in [3.8, 4) is 0 Å². The monoisotopic (exact) mass is 278 g/mol. The van der Waals surface area contributed by atoms with Crippen LogP contribution in [0, 0.1) is 5.82 Å². The van der Waals surface area contributed by atoms with Gasteiger partial charge in [-0.25, -0.2) is 4.39 Å². The maximum atomic E-state index is 13.3. The molecule has 0 amide bonds. The van der Waals surface area contributed by atoms with E-state index >= 15 is 0 Å². The van der Waals surface area contributed by atoms with Crippen molar-refractivity contribution in [3.63, 3.8) is 0 Å². The Bertz CT molecular complexity index is 500. The van der Waals surface area contributed by atoms with Crippen molar-refractivity contribution >= 4 is 5.96 Å². The van der Waals surface area contributed by atoms with Gasteiger partial charge in [-0.1, -0.05) is 12.1 Å². The molecule has 1 aromatic carbocycles. The average molecular weight is 278 g/mol. The minimum Gasteiger partial charge on any atom is -0.370 e. The molecular formula is C15H23FN4. The predicted octanol–water partition coefficient (Wildman–Crippen LogP) is 1.32. The van der Waals surface area contributed by atoms with Crippen LogP contribution in [-0.4, -0.2) is 55.0 Å². The molecule has 5 heteroatoms. The number of likely N-dealkylation sites (N-methyl/N-ethyl adjacent to an activating group) is 1. The fraction of sp³-hybridized carbons (Fsp3) is 0.533. The summed E-state index contributed by atoms with van der Waals surface area (Å²) < 4.78 is 13.3. The molecule has 2 N–H and O–H groups in total. The van der Waals surface area contributed by atoms with Crippen LogP contribution >= 0.6 is 0 Å². The van der Waals surface area contributed by atoms with E-state index in [9.17, 15) is 4.39 Å². The maximum absolute atomic E-state index is 13.3. The number of rotatable bonds is 5. The zero-order valence-electron chi connectivity index (χ0n) is 12.4. The van der Waals surface area contributed by atoms with E-state index < -0.39 is 0 Å². The Morgan fingerprint density at radius 1 is 1.45 bits per heavy atom. The van der Waals surface area contributed by atoms with Crippen LogP contribution in [0.2, 0.25) is 0 Å². The van der Waals surface area contributed by atoms with Gasteiger partial charge >= 0.3 is 0 Å². The Morgan fingerprint density at radius 2 is 2.20 bits per heavy atom. The zero-order valence-corrected chi connectivity index (χ0v) is 12.4. The Hall–Kier alpha value is -1.62. The third-order valence-electron chi connectivity index (χ3n) is 3.75. The molecule has 110 valence electrons. The van der Waals surface area contributed by atoms with Crippen molar-refractivity contribution in [2.75, 3.05) is 33.7 Å². The van der Waals surface area contributed by atoms with Crippen molar-refractivity contribution in [1.29, 1.82) is 0 Å². The van der Waals surface area contributed by atoms with E-state index in [2.05, 4.69) is 21.7 Å². The number of nitrogens with zero attached hydrogens (tertiary/aromatic N) is 3. The lowest BCUT2D eigenvalue weighted by Crippen LogP contribution is -2.52. The Morgan fingerprint density at radius 3 is 2.85 bits per heavy atom. The first-order valence-electron chi connectivity index (χ1n) is 6.87. The molecule has 0 aromatic heterocycles. The third-order valence-corrected chi connectivity index (χ3v) is 3.75. The molecular weight excluding hydrogens is 255 g/mol. The molecule has 4 nitrogen and oxygen atoms in total. The molecule has 1 heterocycles. The summed E-state index contributed by atoms with van der Waals surface area (Å²) in [6.45, 7) is 4.53. The van der Waals surface area contributed by atoms with Crippen LogP contribution in [0.25, 0.3) is 0 Å². The van der Waals surface area contributed by atoms with E-state index in [1.54, 1.807) is 12.1 Å². The van der Waals surface area contributed by atoms with E-state index in [1.807, 2.05) is 20.2 Å². The molecule has 20 heavy (non-hydrogen) atoms. The van der Waals surface area contributed by atoms with Gasteiger partial charge < -0.3 is 15.5 Å². The fourth-order valence-corrected chi connectivity index (χ4v) is 2.62. The third kappa shape index (κ3) is 3.28. The van der Waals surface area contributed by atoms with Gasteiger partial charge in [0.25, 0.3) is 0 Å². The number of halogens is 1. The highest BCUT2D eigenvalue weighted by atomic mass is 19.1. The molecule has 0 saturated carbocycles. The van der Waals surface area contributed by atoms with Crippen molar-refractivity contribution in [2.45, 2.75) is 18.9 Å². The Kier molecular flexibility index (Phi) is 4.28. The van der Waals surface area contributed by atoms with Gasteiger partial charge in [-0.3, -0.25) is 4.99 Å². The van der Waals surface area contributed by atoms with Gasteiger partial charge in [0, 0.05) is 13.1 Å². The first-order valence-corrected chi connectivity index (χ1v) is 6.87. The molecule has 0 bridgehead atoms. The summed E-state index contributed by atoms with van der Waals surface area (Å²) in [7, 11) is 4.07. The summed E-state index contributed by atoms with van der Waals surface area (Å²) in [5.41, 5.74) is 6.81. The van der Waals surface area contributed by atoms with Crippen LogP contribution in [0.5, 0.6) is 0 Å². The number of hydrogen-bond acceptors (Lipinski definition) is 4. The van der Waals surface area contributed by atoms with Crippen molar-refractivity contribution in [3.05, 3.63) is 35.6 Å². The molecule has 1 aromatic rings. The van der Waals surface area contributed by atoms with E-state index in [-0.39, 0.29) is 11.4 Å². The predicted molar refractivity (Wildman–Crippen MR) is 80.3 cm³/mol. The number of hydrogen-bond donors (Lipinski definition) is 1. The van der Waals surface area contributed by atoms with Crippen LogP contribution in [0.4, 0.5) is 4.39 Å². The van der Waals surface area contributed by atoms with Crippen LogP contribution in [0.3, 0.4) is 0 Å². The number of benzene rings is 1. The highest BCUT2D eigenvalue weighted by Gasteiger charge is 2.37. The van der Waals surface area contributed by atoms with Gasteiger partial charge in [0.05, 0.1) is 12.1 Å². The molecule has 0 aliphatic carbocycles. The van der Waals surface area contributed by atoms with Gasteiger partial charge in [0.15, 0.2) is 5.96 Å². The van der Waals surface area contributed by atoms with Crippen LogP contribution in [0.1, 0.15) is 12.5 Å². The van der Waals surface area contributed by atoms with Crippen LogP contribution < -0.4 is 5.73 Å². The summed E-state index contributed by atoms with van der Waals surface area (Å²) >= 11 is 0. The summed E-state index contributed by atoms with van der Waals surface area (Å²) in [5, 5.41) is 0. The van der Waals surface area contributed by atoms with Crippen molar-refractivity contribution in [1.82, 2.24) is 9.80 Å². The maximum Gasteiger partial charge on any atom is 0.191 e. The van der Waals surface area contributed by atoms with E-state index in [0.717, 1.165) is 25.1 Å². The standard InChI is InChI=1S/C15H23FN4/c1-15(10-12-5-4-6-13(16)9-12)11-18-14(17)20(15)8-7-19(2)3/h4-6,9H,7-8,10-11H2,1-3H3,(H2,17,18). The van der Waals surface area contributed by atoms with E-state index in [0.29, 0.717) is 12.5 Å². The summed E-state index contributed by atoms with van der Waals surface area (Å²) in [6, 6.07) is 6.75. The van der Waals surface area contributed by atoms with E-state index in [4.69, 9.17) is 5.73 Å². The van der Waals surface area contributed by atoms with Gasteiger partial charge in [-0.2, -0.15) is 0 Å². The molecule has 1 unspecified atom stereocenters. The first-order chi connectivity index (χ1) is 9.40. The largest absolute Gasteiger partial charge is 0.370 e. The molecule has 0 spiro atoms. The molecule has 1 aliphatic heterocycles. The number of nitrogens with two attached hydrogens (primary N) is 1. The molecule has 0 radical (unpaired) electrons. The highest BCUT2D eigenvalue weighted by molar-refractivity contribution is 5.81. The molecule has 0 fully saturated rings. The summed E-state index contributed by atoms with van der Waals surface area (Å²) in [6.07, 6.45) is 0.738. The lowest BCUT2D eigenvalue weighted by atomic mass is 9.92. The lowest BCUT2D eigenvalue weighted by Gasteiger charge is -2.37. The van der Waals surface area contributed by atoms with Gasteiger partial charge in [-0.05, 0) is 45.1 Å². The molecule has 1 aliphatic rings. The quantitative estimate of drug-likeness (QED) is 0.883. The Labute approximate surface area is 120 Å². The van der Waals surface area contributed by atoms with Crippen molar-refractivity contribution in [2.24, 2.45) is 10.7 Å². The normalized spacial score (nSPS) is 22.4. The molecule has 1 atom stereocenters. The second-order valence-electron chi connectivity index (χ2n) is 5.93. The van der Waals surface area contributed by atoms with Crippen molar-refractivity contribution < 1.29 is 4.39 Å². The SMILES string of the molecule is CN(C)CCN1C(N)=NCC1(C)Cc1cccc(F)c1. The summed E-state index contributed by atoms with van der Waals surface area (Å²) in [5.74, 6) is 0.392. The minimum absolute atomic E-state index is 0.173. The molecule has 2 rings (SSSR count). The second kappa shape index (κ2) is 5.79. The lowest BCUT2D eigenvalue weighted by molar-refractivity contribution is 0.202. The van der Waals surface area contributed by atoms with Crippen LogP contribution in [0.15, 0.2) is 29.3 Å². The first kappa shape index (κ1) is 14.8. The second-order valence-corrected chi connectivity index (χ2v) is 5.93. The topological polar surface area (TPSA) is 44.9 Å². The smallest absolute Gasteiger partial charge is 0.191 e. The average Bonchev–Trinajstić information content (AvgIpc) is 2.62. The zero-order chi connectivity index (χ0) is 14.8. The number of aliphatic imine (C=N–C) groups is 1. The van der Waals surface area contributed by atoms with E-state index in [1.165, 1.54) is 6.07 Å². The molecule has 0 saturated heterocycles. The minimum atomic E-state index is -0.196. The van der Waals surface area contributed by atoms with Crippen LogP contribution in [-0.2, 0) is 6.42 Å². The highest BCUT2D eigenvalue weighted by Crippen LogP contribution is 2.26. The fourth-order valence-electron chi connectivity index (χ4n) is 2.62. The summed E-state index contributed by atoms with van der Waals surface area (Å²) in [4.78, 5) is 8.63. The van der Waals surface area contributed by atoms with Gasteiger partial charge in [-0.15, -0.1) is 0 Å². The van der Waals surface area contributed by atoms with Gasteiger partial charge in [0.1, 0.15) is 5.82 Å². The Balaban J connectivity index is 2.11.